The van der Waals surface area contributed by atoms with Gasteiger partial charge in [0.1, 0.15) is 5.92 Å². The first-order chi connectivity index (χ1) is 9.58. The summed E-state index contributed by atoms with van der Waals surface area (Å²) < 4.78 is 5.11. The van der Waals surface area contributed by atoms with E-state index in [0.717, 1.165) is 10.5 Å². The molecule has 2 unspecified atom stereocenters. The molecule has 1 fully saturated rings. The zero-order valence-electron chi connectivity index (χ0n) is 11.2. The van der Waals surface area contributed by atoms with Gasteiger partial charge in [-0.05, 0) is 18.6 Å². The van der Waals surface area contributed by atoms with Crippen molar-refractivity contribution in [2.24, 2.45) is 5.92 Å². The maximum absolute atomic E-state index is 11.9. The quantitative estimate of drug-likeness (QED) is 0.801. The van der Waals surface area contributed by atoms with Crippen molar-refractivity contribution in [2.75, 3.05) is 19.0 Å². The predicted octanol–water partition coefficient (Wildman–Crippen LogP) is 1.30. The standard InChI is InChI=1S/C14H17NO4S/c1-9-4-2-3-5-12(9)20-8-13(16)15-11-7-19-6-10(11)14(17)18/h2-5,10-11H,6-8H2,1H3,(H,15,16)(H,17,18). The Balaban J connectivity index is 1.84. The van der Waals surface area contributed by atoms with E-state index in [-0.39, 0.29) is 24.9 Å². The van der Waals surface area contributed by atoms with Gasteiger partial charge in [-0.1, -0.05) is 18.2 Å². The first-order valence-corrected chi connectivity index (χ1v) is 7.35. The number of carbonyl (C=O) groups excluding carboxylic acids is 1. The lowest BCUT2D eigenvalue weighted by Crippen LogP contribution is -2.43. The van der Waals surface area contributed by atoms with Crippen molar-refractivity contribution >= 4 is 23.6 Å². The van der Waals surface area contributed by atoms with E-state index in [9.17, 15) is 9.59 Å². The average Bonchev–Trinajstić information content (AvgIpc) is 2.86. The Kier molecular flexibility index (Phi) is 5.03. The van der Waals surface area contributed by atoms with Gasteiger partial charge in [-0.2, -0.15) is 0 Å². The van der Waals surface area contributed by atoms with Gasteiger partial charge in [0.2, 0.25) is 5.91 Å². The number of carboxylic acids is 1. The van der Waals surface area contributed by atoms with Crippen molar-refractivity contribution < 1.29 is 19.4 Å². The second-order valence-electron chi connectivity index (χ2n) is 4.71. The number of aryl methyl sites for hydroxylation is 1. The number of rotatable bonds is 5. The van der Waals surface area contributed by atoms with Crippen LogP contribution in [0, 0.1) is 12.8 Å². The largest absolute Gasteiger partial charge is 0.481 e. The van der Waals surface area contributed by atoms with E-state index in [0.29, 0.717) is 0 Å². The van der Waals surface area contributed by atoms with E-state index >= 15 is 0 Å². The normalized spacial score (nSPS) is 21.6. The second-order valence-corrected chi connectivity index (χ2v) is 5.73. The summed E-state index contributed by atoms with van der Waals surface area (Å²) in [7, 11) is 0. The molecule has 0 aliphatic carbocycles. The lowest BCUT2D eigenvalue weighted by Gasteiger charge is -2.15. The lowest BCUT2D eigenvalue weighted by molar-refractivity contribution is -0.142. The average molecular weight is 295 g/mol. The van der Waals surface area contributed by atoms with Gasteiger partial charge in [-0.25, -0.2) is 0 Å². The highest BCUT2D eigenvalue weighted by Gasteiger charge is 2.34. The van der Waals surface area contributed by atoms with Crippen molar-refractivity contribution in [2.45, 2.75) is 17.9 Å². The first-order valence-electron chi connectivity index (χ1n) is 6.36. The molecule has 1 aliphatic heterocycles. The van der Waals surface area contributed by atoms with Crippen LogP contribution in [0.5, 0.6) is 0 Å². The first kappa shape index (κ1) is 14.9. The van der Waals surface area contributed by atoms with Crippen molar-refractivity contribution in [3.8, 4) is 0 Å². The van der Waals surface area contributed by atoms with Crippen LogP contribution in [0.15, 0.2) is 29.2 Å². The highest BCUT2D eigenvalue weighted by molar-refractivity contribution is 8.00. The highest BCUT2D eigenvalue weighted by atomic mass is 32.2. The number of aliphatic carboxylic acids is 1. The molecule has 5 nitrogen and oxygen atoms in total. The van der Waals surface area contributed by atoms with E-state index in [1.54, 1.807) is 0 Å². The fourth-order valence-corrected chi connectivity index (χ4v) is 2.89. The van der Waals surface area contributed by atoms with E-state index < -0.39 is 17.9 Å². The van der Waals surface area contributed by atoms with Crippen molar-refractivity contribution in [1.82, 2.24) is 5.32 Å². The Bertz CT molecular complexity index is 506. The van der Waals surface area contributed by atoms with Crippen LogP contribution in [-0.4, -0.2) is 42.0 Å². The van der Waals surface area contributed by atoms with Gasteiger partial charge in [0.25, 0.3) is 0 Å². The third kappa shape index (κ3) is 3.74. The molecule has 1 aliphatic rings. The van der Waals surface area contributed by atoms with Crippen LogP contribution in [0.25, 0.3) is 0 Å². The van der Waals surface area contributed by atoms with Crippen LogP contribution in [-0.2, 0) is 14.3 Å². The molecule has 1 aromatic rings. The summed E-state index contributed by atoms with van der Waals surface area (Å²) in [6, 6.07) is 7.40. The minimum atomic E-state index is -0.931. The number of ether oxygens (including phenoxy) is 1. The molecule has 1 heterocycles. The summed E-state index contributed by atoms with van der Waals surface area (Å²) in [6.45, 7) is 2.41. The maximum Gasteiger partial charge on any atom is 0.311 e. The number of nitrogens with one attached hydrogen (secondary N) is 1. The fourth-order valence-electron chi connectivity index (χ4n) is 2.05. The number of hydrogen-bond acceptors (Lipinski definition) is 4. The Morgan fingerprint density at radius 1 is 1.40 bits per heavy atom. The molecule has 0 spiro atoms. The molecule has 20 heavy (non-hydrogen) atoms. The number of thioether (sulfide) groups is 1. The number of carboxylic acid groups (broad SMARTS) is 1. The number of benzene rings is 1. The molecule has 6 heteroatoms. The van der Waals surface area contributed by atoms with Crippen molar-refractivity contribution in [1.29, 1.82) is 0 Å². The molecular formula is C14H17NO4S. The van der Waals surface area contributed by atoms with Gasteiger partial charge in [-0.3, -0.25) is 9.59 Å². The molecule has 1 saturated heterocycles. The number of amides is 1. The fraction of sp³-hybridized carbons (Fsp3) is 0.429. The molecule has 1 amide bonds. The summed E-state index contributed by atoms with van der Waals surface area (Å²) >= 11 is 1.45. The molecule has 0 saturated carbocycles. The summed E-state index contributed by atoms with van der Waals surface area (Å²) in [5.41, 5.74) is 1.12. The van der Waals surface area contributed by atoms with E-state index in [4.69, 9.17) is 9.84 Å². The third-order valence-corrected chi connectivity index (χ3v) is 4.37. The number of carbonyl (C=O) groups is 2. The van der Waals surface area contributed by atoms with Gasteiger partial charge >= 0.3 is 5.97 Å². The van der Waals surface area contributed by atoms with Gasteiger partial charge in [0, 0.05) is 4.90 Å². The molecular weight excluding hydrogens is 278 g/mol. The van der Waals surface area contributed by atoms with Crippen LogP contribution in [0.1, 0.15) is 5.56 Å². The van der Waals surface area contributed by atoms with Gasteiger partial charge in [-0.15, -0.1) is 11.8 Å². The molecule has 0 bridgehead atoms. The van der Waals surface area contributed by atoms with Crippen LogP contribution >= 0.6 is 11.8 Å². The van der Waals surface area contributed by atoms with Crippen molar-refractivity contribution in [3.63, 3.8) is 0 Å². The van der Waals surface area contributed by atoms with Crippen LogP contribution in [0.4, 0.5) is 0 Å². The van der Waals surface area contributed by atoms with Gasteiger partial charge in [0.15, 0.2) is 0 Å². The molecule has 1 aromatic carbocycles. The Labute approximate surface area is 121 Å². The summed E-state index contributed by atoms with van der Waals surface area (Å²) in [5.74, 6) is -1.48. The summed E-state index contributed by atoms with van der Waals surface area (Å²) in [5, 5.41) is 11.7. The predicted molar refractivity (Wildman–Crippen MR) is 75.8 cm³/mol. The van der Waals surface area contributed by atoms with Crippen LogP contribution in [0.2, 0.25) is 0 Å². The van der Waals surface area contributed by atoms with E-state index in [2.05, 4.69) is 5.32 Å². The topological polar surface area (TPSA) is 75.6 Å². The Hall–Kier alpha value is -1.53. The highest BCUT2D eigenvalue weighted by Crippen LogP contribution is 2.21. The number of hydrogen-bond donors (Lipinski definition) is 2. The van der Waals surface area contributed by atoms with Crippen LogP contribution in [0.3, 0.4) is 0 Å². The monoisotopic (exact) mass is 295 g/mol. The maximum atomic E-state index is 11.9. The lowest BCUT2D eigenvalue weighted by atomic mass is 10.0. The minimum Gasteiger partial charge on any atom is -0.481 e. The smallest absolute Gasteiger partial charge is 0.311 e. The van der Waals surface area contributed by atoms with Gasteiger partial charge in [0.05, 0.1) is 25.0 Å². The summed E-state index contributed by atoms with van der Waals surface area (Å²) in [6.07, 6.45) is 0. The van der Waals surface area contributed by atoms with E-state index in [1.807, 2.05) is 31.2 Å². The zero-order valence-corrected chi connectivity index (χ0v) is 12.0. The molecule has 0 aromatic heterocycles. The molecule has 2 rings (SSSR count). The Morgan fingerprint density at radius 3 is 2.85 bits per heavy atom. The van der Waals surface area contributed by atoms with Crippen molar-refractivity contribution in [3.05, 3.63) is 29.8 Å². The molecule has 2 N–H and O–H groups in total. The molecule has 0 radical (unpaired) electrons. The summed E-state index contributed by atoms with van der Waals surface area (Å²) in [4.78, 5) is 23.9. The second kappa shape index (κ2) is 6.76. The van der Waals surface area contributed by atoms with E-state index in [1.165, 1.54) is 11.8 Å². The third-order valence-electron chi connectivity index (χ3n) is 3.20. The SMILES string of the molecule is Cc1ccccc1SCC(=O)NC1COCC1C(=O)O. The minimum absolute atomic E-state index is 0.158. The van der Waals surface area contributed by atoms with Gasteiger partial charge < -0.3 is 15.2 Å². The van der Waals surface area contributed by atoms with Crippen LogP contribution < -0.4 is 5.32 Å². The zero-order chi connectivity index (χ0) is 14.5. The molecule has 108 valence electrons. The Morgan fingerprint density at radius 2 is 2.15 bits per heavy atom. The molecule has 2 atom stereocenters.